The van der Waals surface area contributed by atoms with Crippen LogP contribution in [0.5, 0.6) is 0 Å². The average Bonchev–Trinajstić information content (AvgIpc) is 2.87. The van der Waals surface area contributed by atoms with Crippen molar-refractivity contribution in [3.05, 3.63) is 0 Å². The van der Waals surface area contributed by atoms with E-state index in [4.69, 9.17) is 19.9 Å². The van der Waals surface area contributed by atoms with Gasteiger partial charge in [0.2, 0.25) is 11.8 Å². The minimum Gasteiger partial charge on any atom is -0.370 e. The van der Waals surface area contributed by atoms with Crippen molar-refractivity contribution >= 4 is 11.8 Å². The van der Waals surface area contributed by atoms with E-state index < -0.39 is 5.91 Å². The van der Waals surface area contributed by atoms with Crippen molar-refractivity contribution in [2.75, 3.05) is 19.8 Å². The molecule has 4 atom stereocenters. The maximum Gasteiger partial charge on any atom is 0.243 e. The van der Waals surface area contributed by atoms with Gasteiger partial charge < -0.3 is 25.3 Å². The number of amides is 2. The lowest BCUT2D eigenvalue weighted by Crippen LogP contribution is -2.47. The van der Waals surface area contributed by atoms with Crippen molar-refractivity contribution < 1.29 is 23.8 Å². The Morgan fingerprint density at radius 3 is 2.60 bits per heavy atom. The zero-order chi connectivity index (χ0) is 14.1. The SMILES string of the molecule is NC(=O)COC1COC2C(NC(=O)C3CCC3)COC12. The molecule has 2 heterocycles. The van der Waals surface area contributed by atoms with Crippen molar-refractivity contribution in [3.63, 3.8) is 0 Å². The number of nitrogens with two attached hydrogens (primary N) is 1. The number of nitrogens with one attached hydrogen (secondary N) is 1. The van der Waals surface area contributed by atoms with Gasteiger partial charge in [0.25, 0.3) is 0 Å². The molecule has 1 saturated carbocycles. The monoisotopic (exact) mass is 284 g/mol. The standard InChI is InChI=1S/C13H20N2O5/c14-10(16)6-18-9-5-20-11-8(4-19-12(9)11)15-13(17)7-2-1-3-7/h7-9,11-12H,1-6H2,(H2,14,16)(H,15,17). The van der Waals surface area contributed by atoms with Gasteiger partial charge in [0.05, 0.1) is 19.3 Å². The molecule has 2 amide bonds. The first kappa shape index (κ1) is 13.8. The van der Waals surface area contributed by atoms with Gasteiger partial charge in [0, 0.05) is 5.92 Å². The zero-order valence-electron chi connectivity index (χ0n) is 11.2. The quantitative estimate of drug-likeness (QED) is 0.670. The maximum absolute atomic E-state index is 12.0. The number of hydrogen-bond donors (Lipinski definition) is 2. The molecule has 0 bridgehead atoms. The highest BCUT2D eigenvalue weighted by atomic mass is 16.6. The Hall–Kier alpha value is -1.18. The van der Waals surface area contributed by atoms with Gasteiger partial charge in [-0.1, -0.05) is 6.42 Å². The van der Waals surface area contributed by atoms with E-state index in [1.54, 1.807) is 0 Å². The molecule has 4 unspecified atom stereocenters. The minimum absolute atomic E-state index is 0.0932. The Kier molecular flexibility index (Phi) is 3.91. The summed E-state index contributed by atoms with van der Waals surface area (Å²) < 4.78 is 16.7. The first-order valence-corrected chi connectivity index (χ1v) is 7.08. The fraction of sp³-hybridized carbons (Fsp3) is 0.846. The molecular formula is C13H20N2O5. The van der Waals surface area contributed by atoms with E-state index in [-0.39, 0.29) is 42.8 Å². The van der Waals surface area contributed by atoms with Crippen LogP contribution in [0.1, 0.15) is 19.3 Å². The number of rotatable bonds is 5. The van der Waals surface area contributed by atoms with Crippen LogP contribution in [-0.2, 0) is 23.8 Å². The first-order valence-electron chi connectivity index (χ1n) is 7.08. The van der Waals surface area contributed by atoms with Crippen LogP contribution in [0.4, 0.5) is 0 Å². The summed E-state index contributed by atoms with van der Waals surface area (Å²) in [5, 5.41) is 3.00. The molecule has 3 aliphatic rings. The molecule has 0 aromatic heterocycles. The number of hydrogen-bond acceptors (Lipinski definition) is 5. The summed E-state index contributed by atoms with van der Waals surface area (Å²) in [5.74, 6) is -0.269. The molecule has 2 saturated heterocycles. The Bertz CT molecular complexity index is 398. The summed E-state index contributed by atoms with van der Waals surface area (Å²) >= 11 is 0. The van der Waals surface area contributed by atoms with Crippen molar-refractivity contribution in [2.45, 2.75) is 43.6 Å². The smallest absolute Gasteiger partial charge is 0.243 e. The second-order valence-electron chi connectivity index (χ2n) is 5.65. The molecule has 2 aliphatic heterocycles. The predicted molar refractivity (Wildman–Crippen MR) is 67.7 cm³/mol. The van der Waals surface area contributed by atoms with Crippen molar-refractivity contribution in [2.24, 2.45) is 11.7 Å². The second kappa shape index (κ2) is 5.67. The molecule has 3 N–H and O–H groups in total. The number of fused-ring (bicyclic) bond motifs is 1. The number of primary amides is 1. The predicted octanol–water partition coefficient (Wildman–Crippen LogP) is -1.06. The maximum atomic E-state index is 12.0. The number of carbonyl (C=O) groups is 2. The largest absolute Gasteiger partial charge is 0.370 e. The van der Waals surface area contributed by atoms with Crippen LogP contribution in [0.15, 0.2) is 0 Å². The minimum atomic E-state index is -0.513. The molecule has 1 aliphatic carbocycles. The van der Waals surface area contributed by atoms with Crippen LogP contribution >= 0.6 is 0 Å². The van der Waals surface area contributed by atoms with Gasteiger partial charge in [-0.05, 0) is 12.8 Å². The lowest BCUT2D eigenvalue weighted by atomic mass is 9.84. The number of carbonyl (C=O) groups excluding carboxylic acids is 2. The molecule has 112 valence electrons. The third-order valence-corrected chi connectivity index (χ3v) is 4.25. The molecule has 20 heavy (non-hydrogen) atoms. The topological polar surface area (TPSA) is 99.9 Å². The third kappa shape index (κ3) is 2.65. The molecule has 7 heteroatoms. The highest BCUT2D eigenvalue weighted by molar-refractivity contribution is 5.79. The fourth-order valence-electron chi connectivity index (χ4n) is 2.89. The van der Waals surface area contributed by atoms with E-state index in [0.717, 1.165) is 19.3 Å². The zero-order valence-corrected chi connectivity index (χ0v) is 11.2. The molecule has 3 fully saturated rings. The van der Waals surface area contributed by atoms with Gasteiger partial charge in [-0.15, -0.1) is 0 Å². The van der Waals surface area contributed by atoms with E-state index >= 15 is 0 Å². The van der Waals surface area contributed by atoms with Gasteiger partial charge in [-0.2, -0.15) is 0 Å². The summed E-state index contributed by atoms with van der Waals surface area (Å²) in [6.45, 7) is 0.641. The summed E-state index contributed by atoms with van der Waals surface area (Å²) in [7, 11) is 0. The lowest BCUT2D eigenvalue weighted by molar-refractivity contribution is -0.129. The number of ether oxygens (including phenoxy) is 3. The second-order valence-corrected chi connectivity index (χ2v) is 5.65. The Morgan fingerprint density at radius 1 is 1.20 bits per heavy atom. The highest BCUT2D eigenvalue weighted by Crippen LogP contribution is 2.30. The lowest BCUT2D eigenvalue weighted by Gasteiger charge is -2.27. The van der Waals surface area contributed by atoms with E-state index in [9.17, 15) is 9.59 Å². The molecule has 0 spiro atoms. The average molecular weight is 284 g/mol. The van der Waals surface area contributed by atoms with E-state index in [1.807, 2.05) is 0 Å². The molecule has 0 radical (unpaired) electrons. The van der Waals surface area contributed by atoms with E-state index in [0.29, 0.717) is 13.2 Å². The summed E-state index contributed by atoms with van der Waals surface area (Å²) in [4.78, 5) is 22.7. The van der Waals surface area contributed by atoms with Crippen LogP contribution in [0, 0.1) is 5.92 Å². The van der Waals surface area contributed by atoms with E-state index in [1.165, 1.54) is 0 Å². The summed E-state index contributed by atoms with van der Waals surface area (Å²) in [5.41, 5.74) is 5.05. The van der Waals surface area contributed by atoms with Crippen molar-refractivity contribution in [1.29, 1.82) is 0 Å². The molecule has 3 rings (SSSR count). The molecule has 0 aromatic rings. The van der Waals surface area contributed by atoms with Crippen molar-refractivity contribution in [1.82, 2.24) is 5.32 Å². The fourth-order valence-corrected chi connectivity index (χ4v) is 2.89. The molecular weight excluding hydrogens is 264 g/mol. The van der Waals surface area contributed by atoms with E-state index in [2.05, 4.69) is 5.32 Å². The first-order chi connectivity index (χ1) is 9.65. The van der Waals surface area contributed by atoms with Gasteiger partial charge in [0.1, 0.15) is 24.9 Å². The normalized spacial score (nSPS) is 36.4. The summed E-state index contributed by atoms with van der Waals surface area (Å²) in [6.07, 6.45) is 2.35. The Labute approximate surface area is 117 Å². The Morgan fingerprint density at radius 2 is 1.95 bits per heavy atom. The van der Waals surface area contributed by atoms with Gasteiger partial charge in [-0.25, -0.2) is 0 Å². The van der Waals surface area contributed by atoms with Crippen LogP contribution in [0.25, 0.3) is 0 Å². The summed E-state index contributed by atoms with van der Waals surface area (Å²) in [6, 6.07) is -0.129. The van der Waals surface area contributed by atoms with Crippen LogP contribution in [0.3, 0.4) is 0 Å². The van der Waals surface area contributed by atoms with Gasteiger partial charge in [0.15, 0.2) is 0 Å². The Balaban J connectivity index is 1.51. The van der Waals surface area contributed by atoms with Gasteiger partial charge in [-0.3, -0.25) is 9.59 Å². The van der Waals surface area contributed by atoms with Crippen LogP contribution in [-0.4, -0.2) is 56.0 Å². The van der Waals surface area contributed by atoms with Crippen LogP contribution < -0.4 is 11.1 Å². The van der Waals surface area contributed by atoms with Crippen molar-refractivity contribution in [3.8, 4) is 0 Å². The van der Waals surface area contributed by atoms with Crippen LogP contribution in [0.2, 0.25) is 0 Å². The van der Waals surface area contributed by atoms with Gasteiger partial charge >= 0.3 is 0 Å². The molecule has 7 nitrogen and oxygen atoms in total. The molecule has 0 aromatic carbocycles. The third-order valence-electron chi connectivity index (χ3n) is 4.25. The highest BCUT2D eigenvalue weighted by Gasteiger charge is 2.49.